The second kappa shape index (κ2) is 11.7. The predicted octanol–water partition coefficient (Wildman–Crippen LogP) is 4.01. The molecule has 10 heteroatoms. The van der Waals surface area contributed by atoms with Gasteiger partial charge in [0, 0.05) is 23.1 Å². The summed E-state index contributed by atoms with van der Waals surface area (Å²) in [5.41, 5.74) is 1.72. The summed E-state index contributed by atoms with van der Waals surface area (Å²) in [7, 11) is -3.82. The largest absolute Gasteiger partial charge is 0.354 e. The maximum atomic E-state index is 13.4. The lowest BCUT2D eigenvalue weighted by atomic mass is 10.1. The van der Waals surface area contributed by atoms with Gasteiger partial charge >= 0.3 is 0 Å². The van der Waals surface area contributed by atoms with Gasteiger partial charge in [-0.05, 0) is 55.7 Å². The first-order valence-electron chi connectivity index (χ1n) is 10.5. The van der Waals surface area contributed by atoms with Gasteiger partial charge in [0.05, 0.1) is 11.9 Å². The molecule has 0 aliphatic heterocycles. The van der Waals surface area contributed by atoms with E-state index in [1.807, 2.05) is 6.92 Å². The molecule has 1 atom stereocenters. The minimum atomic E-state index is -3.82. The smallest absolute Gasteiger partial charge is 0.244 e. The number of benzene rings is 2. The molecule has 0 spiro atoms. The highest BCUT2D eigenvalue weighted by Gasteiger charge is 2.30. The first-order valence-corrected chi connectivity index (χ1v) is 13.1. The first-order chi connectivity index (χ1) is 15.4. The molecule has 0 heterocycles. The number of anilines is 1. The van der Waals surface area contributed by atoms with E-state index < -0.39 is 28.5 Å². The van der Waals surface area contributed by atoms with Crippen molar-refractivity contribution in [3.05, 3.63) is 63.6 Å². The van der Waals surface area contributed by atoms with Crippen molar-refractivity contribution in [1.29, 1.82) is 0 Å². The second-order valence-electron chi connectivity index (χ2n) is 7.82. The normalized spacial score (nSPS) is 12.2. The number of halogens is 2. The lowest BCUT2D eigenvalue weighted by molar-refractivity contribution is -0.139. The molecule has 2 rings (SSSR count). The van der Waals surface area contributed by atoms with Gasteiger partial charge in [-0.25, -0.2) is 8.42 Å². The maximum Gasteiger partial charge on any atom is 0.244 e. The predicted molar refractivity (Wildman–Crippen MR) is 133 cm³/mol. The minimum absolute atomic E-state index is 0.114. The fraction of sp³-hybridized carbons (Fsp3) is 0.391. The first kappa shape index (κ1) is 27.0. The fourth-order valence-electron chi connectivity index (χ4n) is 3.21. The summed E-state index contributed by atoms with van der Waals surface area (Å²) >= 11 is 12.1. The van der Waals surface area contributed by atoms with Gasteiger partial charge in [0.1, 0.15) is 12.6 Å². The third-order valence-corrected chi connectivity index (χ3v) is 6.72. The zero-order valence-corrected chi connectivity index (χ0v) is 21.5. The molecule has 0 aliphatic rings. The number of aryl methyl sites for hydroxylation is 1. The molecule has 0 saturated heterocycles. The van der Waals surface area contributed by atoms with Crippen molar-refractivity contribution in [2.45, 2.75) is 39.8 Å². The van der Waals surface area contributed by atoms with Gasteiger partial charge in [0.2, 0.25) is 21.8 Å². The number of carbonyl (C=O) groups excluding carboxylic acids is 2. The van der Waals surface area contributed by atoms with Crippen molar-refractivity contribution in [3.8, 4) is 0 Å². The van der Waals surface area contributed by atoms with E-state index in [2.05, 4.69) is 5.32 Å². The molecule has 0 aromatic heterocycles. The van der Waals surface area contributed by atoms with Gasteiger partial charge in [0.25, 0.3) is 0 Å². The number of hydrogen-bond acceptors (Lipinski definition) is 4. The van der Waals surface area contributed by atoms with E-state index in [0.717, 1.165) is 22.5 Å². The van der Waals surface area contributed by atoms with Gasteiger partial charge in [0.15, 0.2) is 0 Å². The number of rotatable bonds is 10. The Morgan fingerprint density at radius 1 is 1.06 bits per heavy atom. The van der Waals surface area contributed by atoms with Crippen molar-refractivity contribution >= 4 is 50.7 Å². The topological polar surface area (TPSA) is 86.8 Å². The molecule has 0 aliphatic carbocycles. The molecule has 2 aromatic carbocycles. The van der Waals surface area contributed by atoms with E-state index in [0.29, 0.717) is 27.8 Å². The average molecular weight is 514 g/mol. The Labute approximate surface area is 205 Å². The molecule has 0 bridgehead atoms. The van der Waals surface area contributed by atoms with Crippen molar-refractivity contribution in [3.63, 3.8) is 0 Å². The number of amides is 2. The fourth-order valence-corrected chi connectivity index (χ4v) is 4.40. The lowest BCUT2D eigenvalue weighted by Gasteiger charge is -2.32. The second-order valence-corrected chi connectivity index (χ2v) is 10.6. The van der Waals surface area contributed by atoms with Crippen LogP contribution in [0.1, 0.15) is 31.4 Å². The Morgan fingerprint density at radius 2 is 1.67 bits per heavy atom. The van der Waals surface area contributed by atoms with E-state index in [1.165, 1.54) is 11.0 Å². The Bertz CT molecular complexity index is 1090. The van der Waals surface area contributed by atoms with Crippen LogP contribution in [0.3, 0.4) is 0 Å². The summed E-state index contributed by atoms with van der Waals surface area (Å²) in [6.07, 6.45) is 1.78. The van der Waals surface area contributed by atoms with Crippen molar-refractivity contribution in [1.82, 2.24) is 10.2 Å². The Balaban J connectivity index is 2.40. The number of nitrogens with zero attached hydrogens (tertiary/aromatic N) is 2. The van der Waals surface area contributed by atoms with Crippen molar-refractivity contribution < 1.29 is 18.0 Å². The van der Waals surface area contributed by atoms with Crippen LogP contribution in [-0.2, 0) is 26.2 Å². The highest BCUT2D eigenvalue weighted by molar-refractivity contribution is 7.92. The van der Waals surface area contributed by atoms with E-state index >= 15 is 0 Å². The molecule has 0 fully saturated rings. The van der Waals surface area contributed by atoms with Crippen molar-refractivity contribution in [2.24, 2.45) is 0 Å². The van der Waals surface area contributed by atoms with Crippen molar-refractivity contribution in [2.75, 3.05) is 23.7 Å². The molecule has 7 nitrogen and oxygen atoms in total. The molecule has 0 unspecified atom stereocenters. The SMILES string of the molecule is CCCNC(=O)[C@@H](C)N(Cc1ccc(Cl)cc1)C(=O)CN(c1cc(Cl)ccc1C)S(C)(=O)=O. The van der Waals surface area contributed by atoms with Gasteiger partial charge in [-0.3, -0.25) is 13.9 Å². The van der Waals surface area contributed by atoms with Crippen LogP contribution < -0.4 is 9.62 Å². The van der Waals surface area contributed by atoms with Crippen LogP contribution in [0.25, 0.3) is 0 Å². The summed E-state index contributed by atoms with van der Waals surface area (Å²) in [5, 5.41) is 3.69. The molecular formula is C23H29Cl2N3O4S. The third-order valence-electron chi connectivity index (χ3n) is 5.10. The molecular weight excluding hydrogens is 485 g/mol. The van der Waals surface area contributed by atoms with E-state index in [1.54, 1.807) is 50.2 Å². The van der Waals surface area contributed by atoms with Crippen LogP contribution in [0.2, 0.25) is 10.0 Å². The standard InChI is InChI=1S/C23H29Cl2N3O4S/c1-5-12-26-23(30)17(3)27(14-18-7-10-19(24)11-8-18)22(29)15-28(33(4,31)32)21-13-20(25)9-6-16(21)2/h6-11,13,17H,5,12,14-15H2,1-4H3,(H,26,30)/t17-/m1/s1. The zero-order valence-electron chi connectivity index (χ0n) is 19.1. The molecule has 0 radical (unpaired) electrons. The summed E-state index contributed by atoms with van der Waals surface area (Å²) in [6, 6.07) is 10.9. The quantitative estimate of drug-likeness (QED) is 0.519. The third kappa shape index (κ3) is 7.62. The summed E-state index contributed by atoms with van der Waals surface area (Å²) in [6.45, 7) is 5.40. The Hall–Kier alpha value is -2.29. The monoisotopic (exact) mass is 513 g/mol. The van der Waals surface area contributed by atoms with E-state index in [9.17, 15) is 18.0 Å². The number of sulfonamides is 1. The lowest BCUT2D eigenvalue weighted by Crippen LogP contribution is -2.51. The van der Waals surface area contributed by atoms with E-state index in [-0.39, 0.29) is 12.5 Å². The van der Waals surface area contributed by atoms with Gasteiger partial charge in [-0.2, -0.15) is 0 Å². The summed E-state index contributed by atoms with van der Waals surface area (Å²) in [5.74, 6) is -0.835. The Kier molecular flexibility index (Phi) is 9.57. The number of hydrogen-bond donors (Lipinski definition) is 1. The molecule has 1 N–H and O–H groups in total. The summed E-state index contributed by atoms with van der Waals surface area (Å²) in [4.78, 5) is 27.5. The molecule has 2 aromatic rings. The molecule has 2 amide bonds. The van der Waals surface area contributed by atoms with Crippen LogP contribution in [0, 0.1) is 6.92 Å². The maximum absolute atomic E-state index is 13.4. The molecule has 0 saturated carbocycles. The molecule has 180 valence electrons. The van der Waals surface area contributed by atoms with Crippen LogP contribution in [-0.4, -0.2) is 50.5 Å². The summed E-state index contributed by atoms with van der Waals surface area (Å²) < 4.78 is 26.2. The number of carbonyl (C=O) groups is 2. The van der Waals surface area contributed by atoms with Crippen LogP contribution in [0.15, 0.2) is 42.5 Å². The van der Waals surface area contributed by atoms with Crippen LogP contribution in [0.4, 0.5) is 5.69 Å². The minimum Gasteiger partial charge on any atom is -0.354 e. The highest BCUT2D eigenvalue weighted by Crippen LogP contribution is 2.26. The zero-order chi connectivity index (χ0) is 24.8. The van der Waals surface area contributed by atoms with E-state index in [4.69, 9.17) is 23.2 Å². The van der Waals surface area contributed by atoms with Crippen LogP contribution >= 0.6 is 23.2 Å². The number of nitrogens with one attached hydrogen (secondary N) is 1. The average Bonchev–Trinajstić information content (AvgIpc) is 2.75. The van der Waals surface area contributed by atoms with Gasteiger partial charge in [-0.15, -0.1) is 0 Å². The molecule has 33 heavy (non-hydrogen) atoms. The van der Waals surface area contributed by atoms with Gasteiger partial charge < -0.3 is 10.2 Å². The van der Waals surface area contributed by atoms with Gasteiger partial charge in [-0.1, -0.05) is 48.3 Å². The van der Waals surface area contributed by atoms with Crippen LogP contribution in [0.5, 0.6) is 0 Å². The highest BCUT2D eigenvalue weighted by atomic mass is 35.5. The Morgan fingerprint density at radius 3 is 2.24 bits per heavy atom.